The SMILES string of the molecule is CCC(=O)O[C@H]1[C@H](OC(=O)CC)[C@H](ONC(=O)/C=C/c2cccc(S(=O)(=O)Nc3ccccc3)c2)O[C@@H](C)[C@H]1OC(=O)CC. The molecular formula is C30H36N2O11S. The van der Waals surface area contributed by atoms with Crippen molar-refractivity contribution in [2.24, 2.45) is 0 Å². The average molecular weight is 633 g/mol. The zero-order chi connectivity index (χ0) is 32.3. The van der Waals surface area contributed by atoms with Crippen molar-refractivity contribution in [3.05, 3.63) is 66.2 Å². The summed E-state index contributed by atoms with van der Waals surface area (Å²) in [6.45, 7) is 6.25. The second-order valence-corrected chi connectivity index (χ2v) is 11.3. The minimum Gasteiger partial charge on any atom is -0.455 e. The number of anilines is 1. The molecule has 0 aromatic heterocycles. The summed E-state index contributed by atoms with van der Waals surface area (Å²) >= 11 is 0. The summed E-state index contributed by atoms with van der Waals surface area (Å²) in [5.41, 5.74) is 2.98. The Bertz CT molecular complexity index is 1450. The van der Waals surface area contributed by atoms with Crippen LogP contribution in [0.2, 0.25) is 0 Å². The van der Waals surface area contributed by atoms with Gasteiger partial charge in [-0.15, -0.1) is 0 Å². The molecule has 13 nitrogen and oxygen atoms in total. The van der Waals surface area contributed by atoms with Gasteiger partial charge in [0.25, 0.3) is 15.9 Å². The van der Waals surface area contributed by atoms with E-state index in [1.807, 2.05) is 0 Å². The van der Waals surface area contributed by atoms with Crippen LogP contribution in [-0.4, -0.2) is 62.9 Å². The van der Waals surface area contributed by atoms with Crippen molar-refractivity contribution >= 4 is 45.6 Å². The third-order valence-corrected chi connectivity index (χ3v) is 7.67. The molecule has 5 atom stereocenters. The van der Waals surface area contributed by atoms with E-state index >= 15 is 0 Å². The van der Waals surface area contributed by atoms with Gasteiger partial charge in [-0.2, -0.15) is 0 Å². The van der Waals surface area contributed by atoms with Crippen molar-refractivity contribution in [3.8, 4) is 0 Å². The number of nitrogens with one attached hydrogen (secondary N) is 2. The molecule has 0 aliphatic carbocycles. The summed E-state index contributed by atoms with van der Waals surface area (Å²) in [4.78, 5) is 54.7. The summed E-state index contributed by atoms with van der Waals surface area (Å²) in [5, 5.41) is 0. The minimum absolute atomic E-state index is 0.00744. The van der Waals surface area contributed by atoms with E-state index in [2.05, 4.69) is 10.2 Å². The smallest absolute Gasteiger partial charge is 0.306 e. The van der Waals surface area contributed by atoms with Crippen molar-refractivity contribution in [2.75, 3.05) is 4.72 Å². The van der Waals surface area contributed by atoms with E-state index in [1.165, 1.54) is 24.3 Å². The molecule has 1 saturated heterocycles. The number of benzene rings is 2. The number of rotatable bonds is 13. The maximum Gasteiger partial charge on any atom is 0.306 e. The van der Waals surface area contributed by atoms with Crippen LogP contribution in [0.5, 0.6) is 0 Å². The number of para-hydroxylation sites is 1. The van der Waals surface area contributed by atoms with Crippen LogP contribution < -0.4 is 10.2 Å². The molecule has 238 valence electrons. The van der Waals surface area contributed by atoms with Crippen LogP contribution in [0.1, 0.15) is 52.5 Å². The second-order valence-electron chi connectivity index (χ2n) is 9.60. The van der Waals surface area contributed by atoms with Crippen LogP contribution in [0.15, 0.2) is 65.6 Å². The van der Waals surface area contributed by atoms with E-state index in [-0.39, 0.29) is 24.2 Å². The lowest BCUT2D eigenvalue weighted by atomic mass is 9.99. The van der Waals surface area contributed by atoms with E-state index in [0.29, 0.717) is 11.3 Å². The molecule has 2 aromatic rings. The van der Waals surface area contributed by atoms with Gasteiger partial charge >= 0.3 is 17.9 Å². The van der Waals surface area contributed by atoms with Crippen molar-refractivity contribution in [1.82, 2.24) is 5.48 Å². The number of sulfonamides is 1. The molecule has 0 unspecified atom stereocenters. The fraction of sp³-hybridized carbons (Fsp3) is 0.400. The van der Waals surface area contributed by atoms with Gasteiger partial charge in [0.05, 0.1) is 11.0 Å². The van der Waals surface area contributed by atoms with Gasteiger partial charge in [0.2, 0.25) is 6.29 Å². The first-order chi connectivity index (χ1) is 21.0. The van der Waals surface area contributed by atoms with E-state index in [1.54, 1.807) is 64.1 Å². The van der Waals surface area contributed by atoms with E-state index in [4.69, 9.17) is 23.8 Å². The van der Waals surface area contributed by atoms with E-state index < -0.39 is 64.5 Å². The van der Waals surface area contributed by atoms with Gasteiger partial charge in [-0.25, -0.2) is 18.7 Å². The normalized spacial score (nSPS) is 21.7. The van der Waals surface area contributed by atoms with Crippen molar-refractivity contribution in [3.63, 3.8) is 0 Å². The predicted octanol–water partition coefficient (Wildman–Crippen LogP) is 3.26. The standard InChI is InChI=1S/C30H36N2O11S/c1-5-24(34)40-27-19(4)39-30(29(42-26(36)7-3)28(27)41-25(35)6-2)43-31-23(33)17-16-20-12-11-15-22(18-20)44(37,38)32-21-13-9-8-10-14-21/h8-19,27-30,32H,5-7H2,1-4H3,(H,31,33)/b17-16+/t19-,27+,28+,29-,30-/m0/s1. The lowest BCUT2D eigenvalue weighted by Gasteiger charge is -2.43. The van der Waals surface area contributed by atoms with Gasteiger partial charge in [-0.05, 0) is 42.8 Å². The maximum absolute atomic E-state index is 12.8. The summed E-state index contributed by atoms with van der Waals surface area (Å²) in [5.74, 6) is -2.68. The number of hydrogen-bond donors (Lipinski definition) is 2. The van der Waals surface area contributed by atoms with Gasteiger partial charge in [-0.3, -0.25) is 23.9 Å². The zero-order valence-corrected chi connectivity index (χ0v) is 25.6. The molecule has 14 heteroatoms. The van der Waals surface area contributed by atoms with Crippen LogP contribution in [0, 0.1) is 0 Å². The third-order valence-electron chi connectivity index (χ3n) is 6.29. The Labute approximate surface area is 255 Å². The molecule has 1 aliphatic heterocycles. The first-order valence-electron chi connectivity index (χ1n) is 14.0. The van der Waals surface area contributed by atoms with Gasteiger partial charge < -0.3 is 18.9 Å². The molecule has 1 aliphatic rings. The van der Waals surface area contributed by atoms with Crippen LogP contribution in [0.4, 0.5) is 5.69 Å². The molecule has 0 spiro atoms. The van der Waals surface area contributed by atoms with Crippen LogP contribution in [-0.2, 0) is 53.0 Å². The fourth-order valence-electron chi connectivity index (χ4n) is 4.02. The second kappa shape index (κ2) is 16.0. The number of carbonyl (C=O) groups excluding carboxylic acids is 4. The Balaban J connectivity index is 1.74. The highest BCUT2D eigenvalue weighted by molar-refractivity contribution is 7.92. The Hall–Kier alpha value is -4.27. The summed E-state index contributed by atoms with van der Waals surface area (Å²) in [6, 6.07) is 14.3. The lowest BCUT2D eigenvalue weighted by molar-refractivity contribution is -0.312. The van der Waals surface area contributed by atoms with Gasteiger partial charge in [-0.1, -0.05) is 51.1 Å². The van der Waals surface area contributed by atoms with Gasteiger partial charge in [0, 0.05) is 31.0 Å². The minimum atomic E-state index is -3.89. The van der Waals surface area contributed by atoms with Crippen molar-refractivity contribution < 1.29 is 51.4 Å². The molecular weight excluding hydrogens is 596 g/mol. The zero-order valence-electron chi connectivity index (χ0n) is 24.8. The summed E-state index contributed by atoms with van der Waals surface area (Å²) in [7, 11) is -3.89. The number of ether oxygens (including phenoxy) is 4. The number of hydrogen-bond acceptors (Lipinski definition) is 11. The number of carbonyl (C=O) groups is 4. The van der Waals surface area contributed by atoms with Crippen LogP contribution >= 0.6 is 0 Å². The molecule has 1 heterocycles. The Kier molecular flexibility index (Phi) is 12.4. The monoisotopic (exact) mass is 632 g/mol. The Morgan fingerprint density at radius 3 is 2.02 bits per heavy atom. The average Bonchev–Trinajstić information content (AvgIpc) is 3.02. The molecule has 2 N–H and O–H groups in total. The van der Waals surface area contributed by atoms with Crippen LogP contribution in [0.25, 0.3) is 6.08 Å². The highest BCUT2D eigenvalue weighted by atomic mass is 32.2. The lowest BCUT2D eigenvalue weighted by Crippen LogP contribution is -2.62. The Morgan fingerprint density at radius 1 is 0.818 bits per heavy atom. The molecule has 0 saturated carbocycles. The summed E-state index contributed by atoms with van der Waals surface area (Å²) in [6.07, 6.45) is -3.67. The molecule has 1 amide bonds. The van der Waals surface area contributed by atoms with Gasteiger partial charge in [0.1, 0.15) is 0 Å². The topological polar surface area (TPSA) is 173 Å². The quantitative estimate of drug-likeness (QED) is 0.144. The molecule has 0 radical (unpaired) electrons. The molecule has 0 bridgehead atoms. The first-order valence-corrected chi connectivity index (χ1v) is 15.5. The third kappa shape index (κ3) is 9.62. The molecule has 44 heavy (non-hydrogen) atoms. The molecule has 2 aromatic carbocycles. The van der Waals surface area contributed by atoms with Crippen LogP contribution in [0.3, 0.4) is 0 Å². The number of hydroxylamine groups is 1. The summed E-state index contributed by atoms with van der Waals surface area (Å²) < 4.78 is 50.3. The maximum atomic E-state index is 12.8. The predicted molar refractivity (Wildman–Crippen MR) is 157 cm³/mol. The van der Waals surface area contributed by atoms with Crippen molar-refractivity contribution in [1.29, 1.82) is 0 Å². The number of esters is 3. The van der Waals surface area contributed by atoms with E-state index in [9.17, 15) is 27.6 Å². The highest BCUT2D eigenvalue weighted by Crippen LogP contribution is 2.29. The first kappa shape index (κ1) is 34.2. The van der Waals surface area contributed by atoms with E-state index in [0.717, 1.165) is 6.08 Å². The molecule has 1 fully saturated rings. The fourth-order valence-corrected chi connectivity index (χ4v) is 5.14. The highest BCUT2D eigenvalue weighted by Gasteiger charge is 2.51. The van der Waals surface area contributed by atoms with Crippen molar-refractivity contribution in [2.45, 2.75) is 82.6 Å². The number of amides is 1. The van der Waals surface area contributed by atoms with Gasteiger partial charge in [0.15, 0.2) is 18.3 Å². The Morgan fingerprint density at radius 2 is 1.41 bits per heavy atom. The largest absolute Gasteiger partial charge is 0.455 e. The molecule has 3 rings (SSSR count).